The van der Waals surface area contributed by atoms with Gasteiger partial charge in [-0.15, -0.1) is 0 Å². The summed E-state index contributed by atoms with van der Waals surface area (Å²) < 4.78 is 9.74. The molecule has 0 atom stereocenters. The van der Waals surface area contributed by atoms with Gasteiger partial charge in [0.1, 0.15) is 22.7 Å². The van der Waals surface area contributed by atoms with Gasteiger partial charge >= 0.3 is 12.2 Å². The second kappa shape index (κ2) is 9.82. The van der Waals surface area contributed by atoms with E-state index in [1.165, 1.54) is 0 Å². The van der Waals surface area contributed by atoms with Gasteiger partial charge < -0.3 is 19.7 Å². The Morgan fingerprint density at radius 1 is 0.724 bits per heavy atom. The number of alkyl carbamates (subject to hydrolysis) is 2. The molecule has 0 saturated heterocycles. The molecular weight excluding hydrogens is 374 g/mol. The van der Waals surface area contributed by atoms with Crippen LogP contribution in [0, 0.1) is 0 Å². The van der Waals surface area contributed by atoms with Crippen LogP contribution in [0.4, 0.5) is 9.59 Å². The lowest BCUT2D eigenvalue weighted by atomic mass is 10.1. The SMILES string of the molecule is CC(C)(C)OC(=O)NC(=O)OC(C)(C)C.Oc1cccc(-c2cccc(O)c2)c1. The summed E-state index contributed by atoms with van der Waals surface area (Å²) in [5.74, 6) is 0.455. The zero-order valence-electron chi connectivity index (χ0n) is 17.6. The van der Waals surface area contributed by atoms with Crippen LogP contribution in [0.2, 0.25) is 0 Å². The van der Waals surface area contributed by atoms with Crippen molar-refractivity contribution in [3.05, 3.63) is 48.5 Å². The number of imide groups is 1. The largest absolute Gasteiger partial charge is 0.508 e. The Kier molecular flexibility index (Phi) is 8.06. The highest BCUT2D eigenvalue weighted by Crippen LogP contribution is 2.25. The number of amides is 2. The molecule has 0 aliphatic carbocycles. The summed E-state index contributed by atoms with van der Waals surface area (Å²) in [6.45, 7) is 10.3. The van der Waals surface area contributed by atoms with Crippen LogP contribution in [0.25, 0.3) is 11.1 Å². The molecule has 0 heterocycles. The number of nitrogens with one attached hydrogen (secondary N) is 1. The van der Waals surface area contributed by atoms with Gasteiger partial charge in [0.15, 0.2) is 0 Å². The molecule has 0 aliphatic rings. The summed E-state index contributed by atoms with van der Waals surface area (Å²) in [5, 5.41) is 20.5. The number of carbonyl (C=O) groups excluding carboxylic acids is 2. The Morgan fingerprint density at radius 3 is 1.34 bits per heavy atom. The second-order valence-corrected chi connectivity index (χ2v) is 8.23. The number of ether oxygens (including phenoxy) is 2. The second-order valence-electron chi connectivity index (χ2n) is 8.23. The number of rotatable bonds is 1. The zero-order chi connectivity index (χ0) is 22.2. The third kappa shape index (κ3) is 10.6. The van der Waals surface area contributed by atoms with Gasteiger partial charge in [-0.3, -0.25) is 0 Å². The molecule has 0 spiro atoms. The summed E-state index contributed by atoms with van der Waals surface area (Å²) in [6.07, 6.45) is -1.62. The lowest BCUT2D eigenvalue weighted by Crippen LogP contribution is -2.39. The van der Waals surface area contributed by atoms with Gasteiger partial charge in [0.2, 0.25) is 0 Å². The number of hydrogen-bond donors (Lipinski definition) is 3. The maximum absolute atomic E-state index is 11.1. The average Bonchev–Trinajstić information content (AvgIpc) is 2.51. The smallest absolute Gasteiger partial charge is 0.417 e. The monoisotopic (exact) mass is 403 g/mol. The molecule has 0 aromatic heterocycles. The summed E-state index contributed by atoms with van der Waals surface area (Å²) in [6, 6.07) is 13.9. The zero-order valence-corrected chi connectivity index (χ0v) is 17.6. The fraction of sp³-hybridized carbons (Fsp3) is 0.364. The van der Waals surface area contributed by atoms with E-state index >= 15 is 0 Å². The van der Waals surface area contributed by atoms with Gasteiger partial charge in [-0.05, 0) is 76.9 Å². The molecule has 7 heteroatoms. The van der Waals surface area contributed by atoms with Crippen LogP contribution in [0.15, 0.2) is 48.5 Å². The highest BCUT2D eigenvalue weighted by Gasteiger charge is 2.21. The van der Waals surface area contributed by atoms with E-state index in [9.17, 15) is 19.8 Å². The van der Waals surface area contributed by atoms with Gasteiger partial charge in [0, 0.05) is 0 Å². The first-order valence-electron chi connectivity index (χ1n) is 9.06. The molecule has 29 heavy (non-hydrogen) atoms. The van der Waals surface area contributed by atoms with Gasteiger partial charge in [-0.25, -0.2) is 14.9 Å². The van der Waals surface area contributed by atoms with Crippen molar-refractivity contribution in [2.75, 3.05) is 0 Å². The predicted octanol–water partition coefficient (Wildman–Crippen LogP) is 5.21. The topological polar surface area (TPSA) is 105 Å². The predicted molar refractivity (Wildman–Crippen MR) is 111 cm³/mol. The third-order valence-electron chi connectivity index (χ3n) is 3.03. The molecule has 3 N–H and O–H groups in total. The van der Waals surface area contributed by atoms with E-state index in [4.69, 9.17) is 9.47 Å². The molecule has 158 valence electrons. The Hall–Kier alpha value is -3.22. The first-order chi connectivity index (χ1) is 13.2. The van der Waals surface area contributed by atoms with Crippen LogP contribution >= 0.6 is 0 Å². The lowest BCUT2D eigenvalue weighted by Gasteiger charge is -2.21. The summed E-state index contributed by atoms with van der Waals surface area (Å²) in [5.41, 5.74) is 0.514. The van der Waals surface area contributed by atoms with E-state index < -0.39 is 23.4 Å². The average molecular weight is 403 g/mol. The lowest BCUT2D eigenvalue weighted by molar-refractivity contribution is 0.0353. The number of aromatic hydroxyl groups is 2. The van der Waals surface area contributed by atoms with E-state index in [2.05, 4.69) is 0 Å². The quantitative estimate of drug-likeness (QED) is 0.603. The van der Waals surface area contributed by atoms with Crippen LogP contribution in [0.3, 0.4) is 0 Å². The molecule has 2 aromatic rings. The van der Waals surface area contributed by atoms with Crippen LogP contribution in [0.1, 0.15) is 41.5 Å². The summed E-state index contributed by atoms with van der Waals surface area (Å²) in [4.78, 5) is 22.2. The van der Waals surface area contributed by atoms with E-state index in [0.29, 0.717) is 0 Å². The Balaban J connectivity index is 0.000000290. The van der Waals surface area contributed by atoms with E-state index in [0.717, 1.165) is 11.1 Å². The van der Waals surface area contributed by atoms with Gasteiger partial charge in [-0.1, -0.05) is 24.3 Å². The molecule has 2 aromatic carbocycles. The molecular formula is C22H29NO6. The molecule has 2 rings (SSSR count). The van der Waals surface area contributed by atoms with E-state index in [-0.39, 0.29) is 11.5 Å². The standard InChI is InChI=1S/C12H10O2.C10H19NO4/c13-11-5-1-3-9(7-11)10-4-2-6-12(14)8-10;1-9(2,3)14-7(12)11-8(13)15-10(4,5)6/h1-8,13-14H;1-6H3,(H,11,12,13). The van der Waals surface area contributed by atoms with Crippen molar-refractivity contribution in [1.29, 1.82) is 0 Å². The van der Waals surface area contributed by atoms with Crippen molar-refractivity contribution in [3.63, 3.8) is 0 Å². The molecule has 0 saturated carbocycles. The minimum Gasteiger partial charge on any atom is -0.508 e. The number of phenolic OH excluding ortho intramolecular Hbond substituents is 2. The molecule has 0 unspecified atom stereocenters. The van der Waals surface area contributed by atoms with Crippen molar-refractivity contribution in [1.82, 2.24) is 5.32 Å². The van der Waals surface area contributed by atoms with Crippen molar-refractivity contribution >= 4 is 12.2 Å². The number of carbonyl (C=O) groups is 2. The Labute approximate surface area is 171 Å². The fourth-order valence-electron chi connectivity index (χ4n) is 2.06. The maximum atomic E-state index is 11.1. The normalized spacial score (nSPS) is 11.0. The fourth-order valence-corrected chi connectivity index (χ4v) is 2.06. The highest BCUT2D eigenvalue weighted by molar-refractivity contribution is 5.87. The van der Waals surface area contributed by atoms with Crippen molar-refractivity contribution in [2.24, 2.45) is 0 Å². The van der Waals surface area contributed by atoms with Gasteiger partial charge in [0.25, 0.3) is 0 Å². The number of phenols is 2. The molecule has 0 fully saturated rings. The third-order valence-corrected chi connectivity index (χ3v) is 3.03. The van der Waals surface area contributed by atoms with Crippen LogP contribution < -0.4 is 5.32 Å². The minimum absolute atomic E-state index is 0.228. The maximum Gasteiger partial charge on any atom is 0.417 e. The number of hydrogen-bond acceptors (Lipinski definition) is 6. The van der Waals surface area contributed by atoms with Crippen LogP contribution in [0.5, 0.6) is 11.5 Å². The number of benzene rings is 2. The molecule has 0 aliphatic heterocycles. The minimum atomic E-state index is -0.809. The van der Waals surface area contributed by atoms with Crippen LogP contribution in [-0.2, 0) is 9.47 Å². The molecule has 0 bridgehead atoms. The van der Waals surface area contributed by atoms with Crippen molar-refractivity contribution in [3.8, 4) is 22.6 Å². The molecule has 2 amide bonds. The van der Waals surface area contributed by atoms with E-state index in [1.807, 2.05) is 17.4 Å². The van der Waals surface area contributed by atoms with Crippen molar-refractivity contribution in [2.45, 2.75) is 52.7 Å². The Bertz CT molecular complexity index is 764. The Morgan fingerprint density at radius 2 is 1.07 bits per heavy atom. The summed E-state index contributed by atoms with van der Waals surface area (Å²) >= 11 is 0. The summed E-state index contributed by atoms with van der Waals surface area (Å²) in [7, 11) is 0. The highest BCUT2D eigenvalue weighted by atomic mass is 16.6. The molecule has 0 radical (unpaired) electrons. The first kappa shape index (κ1) is 23.8. The van der Waals surface area contributed by atoms with Crippen LogP contribution in [-0.4, -0.2) is 33.6 Å². The van der Waals surface area contributed by atoms with Crippen molar-refractivity contribution < 1.29 is 29.3 Å². The first-order valence-corrected chi connectivity index (χ1v) is 9.06. The van der Waals surface area contributed by atoms with E-state index in [1.54, 1.807) is 77.9 Å². The molecule has 7 nitrogen and oxygen atoms in total. The van der Waals surface area contributed by atoms with Gasteiger partial charge in [0.05, 0.1) is 0 Å². The van der Waals surface area contributed by atoms with Gasteiger partial charge in [-0.2, -0.15) is 0 Å².